The highest BCUT2D eigenvalue weighted by Crippen LogP contribution is 2.40. The molecule has 3 aliphatic rings. The van der Waals surface area contributed by atoms with Gasteiger partial charge in [-0.05, 0) is 80.5 Å². The lowest BCUT2D eigenvalue weighted by Gasteiger charge is -2.35. The van der Waals surface area contributed by atoms with E-state index in [0.29, 0.717) is 37.3 Å². The average Bonchev–Trinajstić information content (AvgIpc) is 3.55. The number of H-pyrrole nitrogens is 1. The number of benzene rings is 2. The summed E-state index contributed by atoms with van der Waals surface area (Å²) >= 11 is 6.31. The molecule has 3 heterocycles. The molecule has 1 saturated heterocycles. The van der Waals surface area contributed by atoms with E-state index >= 15 is 0 Å². The van der Waals surface area contributed by atoms with E-state index in [1.807, 2.05) is 61.2 Å². The first-order valence-corrected chi connectivity index (χ1v) is 13.5. The molecule has 2 atom stereocenters. The Morgan fingerprint density at radius 1 is 1.19 bits per heavy atom. The van der Waals surface area contributed by atoms with Crippen molar-refractivity contribution in [1.82, 2.24) is 9.88 Å². The summed E-state index contributed by atoms with van der Waals surface area (Å²) in [7, 11) is 0. The minimum atomic E-state index is -0.523. The number of halogens is 1. The Balaban J connectivity index is 1.22. The smallest absolute Gasteiger partial charge is 0.410 e. The first kappa shape index (κ1) is 24.6. The van der Waals surface area contributed by atoms with Gasteiger partial charge in [-0.25, -0.2) is 4.79 Å². The molecule has 1 aliphatic carbocycles. The Labute approximate surface area is 222 Å². The van der Waals surface area contributed by atoms with Crippen molar-refractivity contribution in [1.29, 1.82) is 0 Å². The van der Waals surface area contributed by atoms with Crippen molar-refractivity contribution in [2.45, 2.75) is 57.5 Å². The van der Waals surface area contributed by atoms with Gasteiger partial charge in [-0.2, -0.15) is 0 Å². The minimum absolute atomic E-state index is 0.0423. The summed E-state index contributed by atoms with van der Waals surface area (Å²) in [6, 6.07) is 13.6. The normalized spacial score (nSPS) is 22.7. The maximum Gasteiger partial charge on any atom is 0.410 e. The van der Waals surface area contributed by atoms with Crippen LogP contribution >= 0.6 is 11.6 Å². The van der Waals surface area contributed by atoms with Crippen molar-refractivity contribution in [2.75, 3.05) is 26.4 Å². The summed E-state index contributed by atoms with van der Waals surface area (Å²) in [6.07, 6.45) is 3.57. The number of amides is 1. The lowest BCUT2D eigenvalue weighted by atomic mass is 9.92. The van der Waals surface area contributed by atoms with E-state index in [4.69, 9.17) is 30.5 Å². The van der Waals surface area contributed by atoms with Crippen LogP contribution in [0.2, 0.25) is 5.02 Å². The van der Waals surface area contributed by atoms with Crippen molar-refractivity contribution in [3.05, 3.63) is 64.3 Å². The number of aromatic amines is 1. The summed E-state index contributed by atoms with van der Waals surface area (Å²) < 4.78 is 23.2. The zero-order valence-electron chi connectivity index (χ0n) is 21.3. The Bertz CT molecular complexity index is 1280. The number of nitrogens with zero attached hydrogens (tertiary/aromatic N) is 1. The van der Waals surface area contributed by atoms with Crippen molar-refractivity contribution in [3.63, 3.8) is 0 Å². The highest BCUT2D eigenvalue weighted by molar-refractivity contribution is 6.31. The van der Waals surface area contributed by atoms with Crippen LogP contribution in [0, 0.1) is 5.92 Å². The first-order chi connectivity index (χ1) is 17.9. The van der Waals surface area contributed by atoms with Crippen LogP contribution in [-0.4, -0.2) is 54.2 Å². The third-order valence-electron chi connectivity index (χ3n) is 7.43. The summed E-state index contributed by atoms with van der Waals surface area (Å²) in [4.78, 5) is 18.6. The number of aromatic nitrogens is 1. The Morgan fingerprint density at radius 2 is 2.00 bits per heavy atom. The van der Waals surface area contributed by atoms with Gasteiger partial charge in [0, 0.05) is 34.6 Å². The van der Waals surface area contributed by atoms with E-state index < -0.39 is 5.79 Å². The molecule has 3 aromatic rings. The van der Waals surface area contributed by atoms with Gasteiger partial charge < -0.3 is 23.9 Å². The SMILES string of the molecule is CC1(C)OC[C@H](CCOc2ccc([C@H]3c4[nH]c5ccc(Cl)cc5c4CCN3C(=O)OCC3CC3)cc2)O1. The third kappa shape index (κ3) is 5.31. The fourth-order valence-electron chi connectivity index (χ4n) is 5.32. The second-order valence-corrected chi connectivity index (χ2v) is 11.2. The second kappa shape index (κ2) is 9.86. The lowest BCUT2D eigenvalue weighted by molar-refractivity contribution is -0.139. The van der Waals surface area contributed by atoms with E-state index in [1.165, 1.54) is 5.56 Å². The van der Waals surface area contributed by atoms with Crippen LogP contribution in [-0.2, 0) is 20.6 Å². The summed E-state index contributed by atoms with van der Waals surface area (Å²) in [5, 5.41) is 1.82. The molecular formula is C29H33ClN2O5. The molecule has 2 aliphatic heterocycles. The maximum absolute atomic E-state index is 13.2. The van der Waals surface area contributed by atoms with Gasteiger partial charge in [-0.15, -0.1) is 0 Å². The molecule has 37 heavy (non-hydrogen) atoms. The van der Waals surface area contributed by atoms with Crippen LogP contribution in [0.25, 0.3) is 10.9 Å². The Kier molecular flexibility index (Phi) is 6.55. The number of hydrogen-bond acceptors (Lipinski definition) is 5. The number of nitrogens with one attached hydrogen (secondary N) is 1. The molecule has 0 unspecified atom stereocenters. The average molecular weight is 525 g/mol. The number of carbonyl (C=O) groups excluding carboxylic acids is 1. The van der Waals surface area contributed by atoms with E-state index in [0.717, 1.165) is 53.6 Å². The van der Waals surface area contributed by atoms with Gasteiger partial charge in [0.2, 0.25) is 0 Å². The molecule has 1 aromatic heterocycles. The van der Waals surface area contributed by atoms with E-state index in [-0.39, 0.29) is 18.2 Å². The molecule has 1 N–H and O–H groups in total. The fraction of sp³-hybridized carbons (Fsp3) is 0.483. The lowest BCUT2D eigenvalue weighted by Crippen LogP contribution is -2.41. The summed E-state index contributed by atoms with van der Waals surface area (Å²) in [6.45, 7) is 6.06. The molecular weight excluding hydrogens is 492 g/mol. The quantitative estimate of drug-likeness (QED) is 0.396. The van der Waals surface area contributed by atoms with Crippen LogP contribution in [0.3, 0.4) is 0 Å². The monoisotopic (exact) mass is 524 g/mol. The molecule has 196 valence electrons. The van der Waals surface area contributed by atoms with Crippen LogP contribution in [0.1, 0.15) is 56.0 Å². The van der Waals surface area contributed by atoms with Gasteiger partial charge in [0.05, 0.1) is 25.9 Å². The standard InChI is InChI=1S/C29H33ClN2O5/c1-29(2)36-17-22(37-29)12-14-34-21-8-5-19(6-9-21)27-26-23(24-15-20(30)7-10-25(24)31-26)11-13-32(27)28(33)35-16-18-3-4-18/h5-10,15,18,22,27,31H,3-4,11-14,16-17H2,1-2H3/t22-,27-/m0/s1. The van der Waals surface area contributed by atoms with Crippen molar-refractivity contribution >= 4 is 28.6 Å². The van der Waals surface area contributed by atoms with Gasteiger partial charge >= 0.3 is 6.09 Å². The number of rotatable bonds is 7. The molecule has 0 spiro atoms. The zero-order valence-corrected chi connectivity index (χ0v) is 22.1. The van der Waals surface area contributed by atoms with Gasteiger partial charge in [-0.3, -0.25) is 4.90 Å². The second-order valence-electron chi connectivity index (χ2n) is 10.7. The van der Waals surface area contributed by atoms with E-state index in [9.17, 15) is 4.79 Å². The highest BCUT2D eigenvalue weighted by atomic mass is 35.5. The largest absolute Gasteiger partial charge is 0.493 e. The number of ether oxygens (including phenoxy) is 4. The van der Waals surface area contributed by atoms with Crippen LogP contribution in [0.4, 0.5) is 4.79 Å². The molecule has 7 nitrogen and oxygen atoms in total. The number of carbonyl (C=O) groups is 1. The molecule has 0 radical (unpaired) electrons. The molecule has 1 saturated carbocycles. The Hall–Kier alpha value is -2.74. The zero-order chi connectivity index (χ0) is 25.6. The summed E-state index contributed by atoms with van der Waals surface area (Å²) in [5.74, 6) is 0.774. The molecule has 8 heteroatoms. The highest BCUT2D eigenvalue weighted by Gasteiger charge is 2.36. The van der Waals surface area contributed by atoms with Crippen LogP contribution in [0.15, 0.2) is 42.5 Å². The predicted molar refractivity (Wildman–Crippen MR) is 141 cm³/mol. The molecule has 2 aromatic carbocycles. The predicted octanol–water partition coefficient (Wildman–Crippen LogP) is 6.24. The van der Waals surface area contributed by atoms with Crippen LogP contribution < -0.4 is 4.74 Å². The number of fused-ring (bicyclic) bond motifs is 3. The van der Waals surface area contributed by atoms with Crippen molar-refractivity contribution < 1.29 is 23.7 Å². The Morgan fingerprint density at radius 3 is 2.73 bits per heavy atom. The molecule has 0 bridgehead atoms. The van der Waals surface area contributed by atoms with Crippen LogP contribution in [0.5, 0.6) is 5.75 Å². The molecule has 2 fully saturated rings. The van der Waals surface area contributed by atoms with Crippen molar-refractivity contribution in [3.8, 4) is 5.75 Å². The minimum Gasteiger partial charge on any atom is -0.493 e. The molecule has 1 amide bonds. The van der Waals surface area contributed by atoms with Crippen molar-refractivity contribution in [2.24, 2.45) is 5.92 Å². The van der Waals surface area contributed by atoms with Gasteiger partial charge in [0.25, 0.3) is 0 Å². The maximum atomic E-state index is 13.2. The summed E-state index contributed by atoms with van der Waals surface area (Å²) in [5.41, 5.74) is 4.25. The topological polar surface area (TPSA) is 73.0 Å². The van der Waals surface area contributed by atoms with E-state index in [1.54, 1.807) is 0 Å². The van der Waals surface area contributed by atoms with Gasteiger partial charge in [0.1, 0.15) is 11.8 Å². The van der Waals surface area contributed by atoms with E-state index in [2.05, 4.69) is 4.98 Å². The van der Waals surface area contributed by atoms with Gasteiger partial charge in [0.15, 0.2) is 5.79 Å². The number of hydrogen-bond donors (Lipinski definition) is 1. The first-order valence-electron chi connectivity index (χ1n) is 13.1. The molecule has 6 rings (SSSR count). The fourth-order valence-corrected chi connectivity index (χ4v) is 5.49. The van der Waals surface area contributed by atoms with Gasteiger partial charge in [-0.1, -0.05) is 23.7 Å². The third-order valence-corrected chi connectivity index (χ3v) is 7.67.